The zero-order valence-electron chi connectivity index (χ0n) is 14.2. The lowest BCUT2D eigenvalue weighted by atomic mass is 10.4. The Labute approximate surface area is 128 Å². The highest BCUT2D eigenvalue weighted by molar-refractivity contribution is 6.77. The van der Waals surface area contributed by atoms with Crippen molar-refractivity contribution < 1.29 is 18.0 Å². The van der Waals surface area contributed by atoms with Crippen LogP contribution in [0.25, 0.3) is 0 Å². The van der Waals surface area contributed by atoms with E-state index in [2.05, 4.69) is 45.8 Å². The van der Waals surface area contributed by atoms with Gasteiger partial charge in [-0.2, -0.15) is 0 Å². The predicted molar refractivity (Wildman–Crippen MR) is 89.4 cm³/mol. The van der Waals surface area contributed by atoms with Crippen molar-refractivity contribution in [3.63, 3.8) is 0 Å². The van der Waals surface area contributed by atoms with E-state index in [1.54, 1.807) is 0 Å². The van der Waals surface area contributed by atoms with Crippen molar-refractivity contribution >= 4 is 25.7 Å². The maximum atomic E-state index is 6.10. The van der Waals surface area contributed by atoms with Crippen LogP contribution in [0.2, 0.25) is 51.9 Å². The molecule has 0 spiro atoms. The van der Waals surface area contributed by atoms with Crippen LogP contribution in [0.3, 0.4) is 0 Å². The van der Waals surface area contributed by atoms with E-state index < -0.39 is 31.5 Å². The second kappa shape index (κ2) is 7.17. The van der Waals surface area contributed by atoms with E-state index in [9.17, 15) is 0 Å². The molecule has 0 bridgehead atoms. The molecule has 0 unspecified atom stereocenters. The molecule has 1 heterocycles. The first-order chi connectivity index (χ1) is 9.02. The lowest BCUT2D eigenvalue weighted by molar-refractivity contribution is -0.0308. The van der Waals surface area contributed by atoms with Gasteiger partial charge >= 0.3 is 0 Å². The summed E-state index contributed by atoms with van der Waals surface area (Å²) in [6.07, 6.45) is 1.07. The molecule has 0 aromatic rings. The minimum Gasteiger partial charge on any atom is -0.456 e. The van der Waals surface area contributed by atoms with Gasteiger partial charge in [0.1, 0.15) is 13.2 Å². The minimum atomic E-state index is -1.56. The minimum absolute atomic E-state index is 0.417. The molecule has 1 radical (unpaired) electrons. The van der Waals surface area contributed by atoms with Gasteiger partial charge in [-0.25, -0.2) is 0 Å². The number of ether oxygens (including phenoxy) is 2. The molecule has 1 rings (SSSR count). The van der Waals surface area contributed by atoms with Gasteiger partial charge in [0, 0.05) is 6.61 Å². The third-order valence-electron chi connectivity index (χ3n) is 2.58. The Morgan fingerprint density at radius 3 is 2.15 bits per heavy atom. The van der Waals surface area contributed by atoms with Gasteiger partial charge in [0.25, 0.3) is 0 Å². The first kappa shape index (κ1) is 18.5. The van der Waals surface area contributed by atoms with Crippen LogP contribution >= 0.6 is 0 Å². The average molecular weight is 336 g/mol. The highest BCUT2D eigenvalue weighted by Crippen LogP contribution is 2.32. The summed E-state index contributed by atoms with van der Waals surface area (Å²) in [6, 6.07) is 1.15. The summed E-state index contributed by atoms with van der Waals surface area (Å²) < 4.78 is 23.3. The molecule has 0 saturated carbocycles. The van der Waals surface area contributed by atoms with E-state index in [4.69, 9.17) is 18.0 Å². The number of epoxide rings is 1. The highest BCUT2D eigenvalue weighted by atomic mass is 28.4. The monoisotopic (exact) mass is 335 g/mol. The molecule has 0 amide bonds. The molecule has 119 valence electrons. The van der Waals surface area contributed by atoms with Crippen LogP contribution in [0.4, 0.5) is 0 Å². The van der Waals surface area contributed by atoms with E-state index in [0.29, 0.717) is 13.2 Å². The lowest BCUT2D eigenvalue weighted by Crippen LogP contribution is -2.37. The topological polar surface area (TPSA) is 40.2 Å². The van der Waals surface area contributed by atoms with Crippen LogP contribution < -0.4 is 0 Å². The van der Waals surface area contributed by atoms with E-state index in [1.807, 2.05) is 0 Å². The molecule has 1 atom stereocenters. The molecule has 1 saturated heterocycles. The Kier molecular flexibility index (Phi) is 6.64. The fourth-order valence-corrected chi connectivity index (χ4v) is 8.56. The molecule has 1 aliphatic heterocycles. The van der Waals surface area contributed by atoms with Gasteiger partial charge in [0.2, 0.25) is 5.79 Å². The molecule has 1 aliphatic rings. The molecular formula is C13H31O4Si3. The summed E-state index contributed by atoms with van der Waals surface area (Å²) in [6.45, 7) is 17.6. The van der Waals surface area contributed by atoms with Crippen molar-refractivity contribution in [2.24, 2.45) is 0 Å². The third-order valence-corrected chi connectivity index (χ3v) is 8.46. The quantitative estimate of drug-likeness (QED) is 0.348. The number of hydrogen-bond donors (Lipinski definition) is 0. The summed E-state index contributed by atoms with van der Waals surface area (Å²) in [5, 5.41) is 0. The van der Waals surface area contributed by atoms with Gasteiger partial charge in [0.05, 0.1) is 0 Å². The van der Waals surface area contributed by atoms with Gasteiger partial charge < -0.3 is 18.0 Å². The summed E-state index contributed by atoms with van der Waals surface area (Å²) in [5.74, 6) is -0.417. The molecular weight excluding hydrogens is 304 g/mol. The number of hydrogen-bond acceptors (Lipinski definition) is 4. The molecule has 7 heteroatoms. The van der Waals surface area contributed by atoms with Crippen molar-refractivity contribution in [3.05, 3.63) is 0 Å². The molecule has 0 aliphatic carbocycles. The number of rotatable bonds is 10. The van der Waals surface area contributed by atoms with Gasteiger partial charge in [-0.3, -0.25) is 0 Å². The van der Waals surface area contributed by atoms with E-state index in [1.165, 1.54) is 0 Å². The van der Waals surface area contributed by atoms with Gasteiger partial charge in [0.15, 0.2) is 25.7 Å². The maximum absolute atomic E-state index is 6.10. The fraction of sp³-hybridized carbons (Fsp3) is 1.00. The summed E-state index contributed by atoms with van der Waals surface area (Å²) >= 11 is 0. The maximum Gasteiger partial charge on any atom is 0.207 e. The Morgan fingerprint density at radius 1 is 1.10 bits per heavy atom. The van der Waals surface area contributed by atoms with Crippen LogP contribution in [0.1, 0.15) is 6.42 Å². The van der Waals surface area contributed by atoms with Crippen LogP contribution in [0.5, 0.6) is 0 Å². The van der Waals surface area contributed by atoms with Crippen molar-refractivity contribution in [1.82, 2.24) is 0 Å². The SMILES string of the molecule is C[Si](CCCOC[C@@]1(O[Si](C)(C)C)CO1)O[Si](C)(C)C. The van der Waals surface area contributed by atoms with Crippen LogP contribution in [0.15, 0.2) is 0 Å². The van der Waals surface area contributed by atoms with Crippen molar-refractivity contribution in [1.29, 1.82) is 0 Å². The Bertz CT molecular complexity index is 295. The van der Waals surface area contributed by atoms with Gasteiger partial charge in [-0.05, 0) is 58.3 Å². The molecule has 0 aromatic heterocycles. The van der Waals surface area contributed by atoms with Crippen LogP contribution in [-0.4, -0.2) is 51.3 Å². The van der Waals surface area contributed by atoms with Crippen molar-refractivity contribution in [2.75, 3.05) is 19.8 Å². The molecule has 1 fully saturated rings. The fourth-order valence-electron chi connectivity index (χ4n) is 2.03. The normalized spacial score (nSPS) is 23.4. The van der Waals surface area contributed by atoms with Crippen LogP contribution in [0, 0.1) is 0 Å². The zero-order chi connectivity index (χ0) is 15.4. The average Bonchev–Trinajstić information content (AvgIpc) is 2.91. The molecule has 4 nitrogen and oxygen atoms in total. The molecule has 0 aromatic carbocycles. The van der Waals surface area contributed by atoms with Gasteiger partial charge in [-0.15, -0.1) is 0 Å². The first-order valence-electron chi connectivity index (χ1n) is 7.45. The Hall–Kier alpha value is 0.491. The van der Waals surface area contributed by atoms with Crippen LogP contribution in [-0.2, 0) is 18.0 Å². The zero-order valence-corrected chi connectivity index (χ0v) is 17.2. The summed E-state index contributed by atoms with van der Waals surface area (Å²) in [5.41, 5.74) is 0. The largest absolute Gasteiger partial charge is 0.456 e. The van der Waals surface area contributed by atoms with E-state index >= 15 is 0 Å². The summed E-state index contributed by atoms with van der Waals surface area (Å²) in [4.78, 5) is 0. The van der Waals surface area contributed by atoms with Crippen molar-refractivity contribution in [3.8, 4) is 0 Å². The second-order valence-electron chi connectivity index (χ2n) is 7.49. The lowest BCUT2D eigenvalue weighted by Gasteiger charge is -2.24. The predicted octanol–water partition coefficient (Wildman–Crippen LogP) is 3.44. The highest BCUT2D eigenvalue weighted by Gasteiger charge is 2.49. The first-order valence-corrected chi connectivity index (χ1v) is 16.4. The Balaban J connectivity index is 2.08. The van der Waals surface area contributed by atoms with E-state index in [-0.39, 0.29) is 0 Å². The molecule has 0 N–H and O–H groups in total. The standard InChI is InChI=1S/C13H31O4Si3/c1-18(17-20(5,6)7)10-8-9-14-11-13(12-15-13)16-19(2,3)4/h8-12H2,1-7H3/t13-/m1/s1. The Morgan fingerprint density at radius 2 is 1.70 bits per heavy atom. The third kappa shape index (κ3) is 8.71. The molecule has 20 heavy (non-hydrogen) atoms. The second-order valence-corrected chi connectivity index (χ2v) is 18.9. The van der Waals surface area contributed by atoms with Gasteiger partial charge in [-0.1, -0.05) is 0 Å². The summed E-state index contributed by atoms with van der Waals surface area (Å²) in [7, 11) is -3.57. The van der Waals surface area contributed by atoms with E-state index in [0.717, 1.165) is 19.1 Å². The van der Waals surface area contributed by atoms with Crippen molar-refractivity contribution in [2.45, 2.75) is 64.1 Å². The smallest absolute Gasteiger partial charge is 0.207 e.